The molecule has 0 aliphatic rings. The molecule has 2 aromatic carbocycles. The van der Waals surface area contributed by atoms with Crippen LogP contribution >= 0.6 is 0 Å². The Bertz CT molecular complexity index is 911. The Kier molecular flexibility index (Phi) is 4.50. The molecule has 26 heavy (non-hydrogen) atoms. The van der Waals surface area contributed by atoms with Gasteiger partial charge in [0.05, 0.1) is 12.1 Å². The van der Waals surface area contributed by atoms with E-state index in [9.17, 15) is 23.1 Å². The fourth-order valence-corrected chi connectivity index (χ4v) is 2.53. The van der Waals surface area contributed by atoms with Crippen LogP contribution in [-0.2, 0) is 11.8 Å². The molecule has 3 aromatic rings. The number of rotatable bonds is 4. The Labute approximate surface area is 147 Å². The van der Waals surface area contributed by atoms with Crippen LogP contribution in [0, 0.1) is 0 Å². The number of carbonyl (C=O) groups is 1. The minimum absolute atomic E-state index is 0.139. The highest BCUT2D eigenvalue weighted by atomic mass is 19.4. The van der Waals surface area contributed by atoms with Gasteiger partial charge in [0, 0.05) is 10.9 Å². The minimum Gasteiger partial charge on any atom is -0.458 e. The number of para-hydroxylation sites is 1. The van der Waals surface area contributed by atoms with Crippen molar-refractivity contribution in [2.45, 2.75) is 18.7 Å². The van der Waals surface area contributed by atoms with Crippen LogP contribution in [0.25, 0.3) is 11.0 Å². The maximum atomic E-state index is 12.7. The van der Waals surface area contributed by atoms with Crippen molar-refractivity contribution in [3.05, 3.63) is 71.5 Å². The van der Waals surface area contributed by atoms with Crippen molar-refractivity contribution in [1.82, 2.24) is 5.32 Å². The summed E-state index contributed by atoms with van der Waals surface area (Å²) in [6.07, 6.45) is -4.53. The van der Waals surface area contributed by atoms with Crippen LogP contribution in [0.3, 0.4) is 0 Å². The first-order valence-corrected chi connectivity index (χ1v) is 7.84. The summed E-state index contributed by atoms with van der Waals surface area (Å²) in [5.74, 6) is -0.462. The second-order valence-electron chi connectivity index (χ2n) is 6.18. The molecule has 4 nitrogen and oxygen atoms in total. The third kappa shape index (κ3) is 3.72. The van der Waals surface area contributed by atoms with Crippen LogP contribution in [0.2, 0.25) is 0 Å². The lowest BCUT2D eigenvalue weighted by molar-refractivity contribution is -0.137. The molecule has 0 saturated carbocycles. The number of hydrogen-bond acceptors (Lipinski definition) is 3. The number of halogens is 3. The molecule has 1 aromatic heterocycles. The van der Waals surface area contributed by atoms with Crippen molar-refractivity contribution < 1.29 is 27.5 Å². The molecule has 1 unspecified atom stereocenters. The largest absolute Gasteiger partial charge is 0.458 e. The van der Waals surface area contributed by atoms with E-state index in [4.69, 9.17) is 4.42 Å². The third-order valence-corrected chi connectivity index (χ3v) is 4.00. The van der Waals surface area contributed by atoms with E-state index in [2.05, 4.69) is 5.32 Å². The number of furan rings is 1. The molecule has 1 atom stereocenters. The molecule has 0 aliphatic heterocycles. The molecule has 3 rings (SSSR count). The molecule has 1 heterocycles. The molecule has 136 valence electrons. The van der Waals surface area contributed by atoms with Gasteiger partial charge in [-0.05, 0) is 37.3 Å². The van der Waals surface area contributed by atoms with Gasteiger partial charge < -0.3 is 14.8 Å². The maximum Gasteiger partial charge on any atom is 0.416 e. The van der Waals surface area contributed by atoms with Crippen molar-refractivity contribution in [3.63, 3.8) is 0 Å². The van der Waals surface area contributed by atoms with Gasteiger partial charge in [-0.15, -0.1) is 0 Å². The van der Waals surface area contributed by atoms with Crippen molar-refractivity contribution >= 4 is 16.9 Å². The molecule has 7 heteroatoms. The van der Waals surface area contributed by atoms with Gasteiger partial charge in [-0.2, -0.15) is 13.2 Å². The molecule has 1 amide bonds. The molecule has 0 fully saturated rings. The van der Waals surface area contributed by atoms with Gasteiger partial charge in [0.25, 0.3) is 5.91 Å². The predicted molar refractivity (Wildman–Crippen MR) is 89.6 cm³/mol. The lowest BCUT2D eigenvalue weighted by atomic mass is 10.0. The van der Waals surface area contributed by atoms with E-state index in [1.165, 1.54) is 13.0 Å². The smallest absolute Gasteiger partial charge is 0.416 e. The monoisotopic (exact) mass is 363 g/mol. The van der Waals surface area contributed by atoms with Gasteiger partial charge in [0.2, 0.25) is 0 Å². The van der Waals surface area contributed by atoms with Gasteiger partial charge in [-0.1, -0.05) is 24.3 Å². The zero-order chi connectivity index (χ0) is 18.9. The maximum absolute atomic E-state index is 12.7. The van der Waals surface area contributed by atoms with Crippen LogP contribution in [0.15, 0.2) is 59.0 Å². The normalized spacial score (nSPS) is 14.2. The molecule has 0 aliphatic carbocycles. The van der Waals surface area contributed by atoms with E-state index >= 15 is 0 Å². The number of nitrogens with one attached hydrogen (secondary N) is 1. The Hall–Kier alpha value is -2.80. The van der Waals surface area contributed by atoms with Crippen LogP contribution in [0.4, 0.5) is 13.2 Å². The first-order valence-electron chi connectivity index (χ1n) is 7.84. The van der Waals surface area contributed by atoms with Crippen molar-refractivity contribution in [3.8, 4) is 0 Å². The molecular weight excluding hydrogens is 347 g/mol. The molecule has 2 N–H and O–H groups in total. The fraction of sp³-hybridized carbons (Fsp3) is 0.211. The molecule has 0 radical (unpaired) electrons. The zero-order valence-corrected chi connectivity index (χ0v) is 13.8. The van der Waals surface area contributed by atoms with E-state index in [0.29, 0.717) is 5.58 Å². The molecular formula is C19H16F3NO3. The van der Waals surface area contributed by atoms with Gasteiger partial charge in [-0.3, -0.25) is 4.79 Å². The van der Waals surface area contributed by atoms with Gasteiger partial charge in [-0.25, -0.2) is 0 Å². The average molecular weight is 363 g/mol. The van der Waals surface area contributed by atoms with Crippen molar-refractivity contribution in [2.24, 2.45) is 0 Å². The minimum atomic E-state index is -4.53. The van der Waals surface area contributed by atoms with E-state index < -0.39 is 23.2 Å². The lowest BCUT2D eigenvalue weighted by Crippen LogP contribution is -2.38. The van der Waals surface area contributed by atoms with Crippen LogP contribution in [0.5, 0.6) is 0 Å². The second kappa shape index (κ2) is 6.49. The van der Waals surface area contributed by atoms with Gasteiger partial charge in [0.1, 0.15) is 16.9 Å². The van der Waals surface area contributed by atoms with Gasteiger partial charge in [0.15, 0.2) is 0 Å². The Morgan fingerprint density at radius 3 is 2.54 bits per heavy atom. The van der Waals surface area contributed by atoms with Gasteiger partial charge >= 0.3 is 6.18 Å². The first kappa shape index (κ1) is 18.0. The predicted octanol–water partition coefficient (Wildman–Crippen LogP) is 4.09. The fourth-order valence-electron chi connectivity index (χ4n) is 2.53. The summed E-state index contributed by atoms with van der Waals surface area (Å²) >= 11 is 0. The summed E-state index contributed by atoms with van der Waals surface area (Å²) in [7, 11) is 0. The summed E-state index contributed by atoms with van der Waals surface area (Å²) in [6, 6.07) is 12.9. The number of fused-ring (bicyclic) bond motifs is 1. The number of carbonyl (C=O) groups excluding carboxylic acids is 1. The van der Waals surface area contributed by atoms with E-state index in [0.717, 1.165) is 23.6 Å². The SMILES string of the molecule is CC(O)(CNC(=O)c1cccc(C(F)(F)F)c1)c1cc2ccccc2o1. The summed E-state index contributed by atoms with van der Waals surface area (Å²) in [6.45, 7) is 1.24. The number of hydrogen-bond donors (Lipinski definition) is 2. The highest BCUT2D eigenvalue weighted by molar-refractivity contribution is 5.94. The van der Waals surface area contributed by atoms with E-state index in [1.54, 1.807) is 18.2 Å². The summed E-state index contributed by atoms with van der Waals surface area (Å²) < 4.78 is 43.8. The summed E-state index contributed by atoms with van der Waals surface area (Å²) in [5, 5.41) is 13.8. The second-order valence-corrected chi connectivity index (χ2v) is 6.18. The van der Waals surface area contributed by atoms with Crippen molar-refractivity contribution in [1.29, 1.82) is 0 Å². The quantitative estimate of drug-likeness (QED) is 0.734. The topological polar surface area (TPSA) is 62.5 Å². The highest BCUT2D eigenvalue weighted by Gasteiger charge is 2.31. The van der Waals surface area contributed by atoms with Crippen LogP contribution in [-0.4, -0.2) is 17.6 Å². The number of alkyl halides is 3. The third-order valence-electron chi connectivity index (χ3n) is 4.00. The highest BCUT2D eigenvalue weighted by Crippen LogP contribution is 2.30. The summed E-state index contributed by atoms with van der Waals surface area (Å²) in [4.78, 5) is 12.2. The Morgan fingerprint density at radius 2 is 1.85 bits per heavy atom. The Morgan fingerprint density at radius 1 is 1.12 bits per heavy atom. The van der Waals surface area contributed by atoms with E-state index in [-0.39, 0.29) is 17.9 Å². The average Bonchev–Trinajstić information content (AvgIpc) is 3.04. The molecule has 0 spiro atoms. The van der Waals surface area contributed by atoms with E-state index in [1.807, 2.05) is 12.1 Å². The first-order chi connectivity index (χ1) is 12.2. The molecule has 0 bridgehead atoms. The Balaban J connectivity index is 1.74. The van der Waals surface area contributed by atoms with Crippen LogP contribution < -0.4 is 5.32 Å². The summed E-state index contributed by atoms with van der Waals surface area (Å²) in [5.41, 5.74) is -1.97. The molecule has 0 saturated heterocycles. The zero-order valence-electron chi connectivity index (χ0n) is 13.8. The number of benzene rings is 2. The number of amides is 1. The standard InChI is InChI=1S/C19H16F3NO3/c1-18(25,16-10-12-5-2-3-8-15(12)26-16)11-23-17(24)13-6-4-7-14(9-13)19(20,21)22/h2-10,25H,11H2,1H3,(H,23,24). The van der Waals surface area contributed by atoms with Crippen molar-refractivity contribution in [2.75, 3.05) is 6.54 Å². The number of aliphatic hydroxyl groups is 1. The lowest BCUT2D eigenvalue weighted by Gasteiger charge is -2.21. The van der Waals surface area contributed by atoms with Crippen LogP contribution in [0.1, 0.15) is 28.6 Å².